The molecular weight excluding hydrogens is 347 g/mol. The third kappa shape index (κ3) is 3.87. The van der Waals surface area contributed by atoms with Gasteiger partial charge < -0.3 is 4.42 Å². The lowest BCUT2D eigenvalue weighted by Crippen LogP contribution is -2.41. The summed E-state index contributed by atoms with van der Waals surface area (Å²) < 4.78 is 18.6. The molecule has 0 bridgehead atoms. The van der Waals surface area contributed by atoms with Crippen molar-refractivity contribution in [3.05, 3.63) is 82.8 Å². The van der Waals surface area contributed by atoms with Gasteiger partial charge in [-0.1, -0.05) is 35.9 Å². The van der Waals surface area contributed by atoms with Crippen LogP contribution in [0.5, 0.6) is 0 Å². The lowest BCUT2D eigenvalue weighted by Gasteiger charge is -2.07. The van der Waals surface area contributed by atoms with Crippen molar-refractivity contribution in [1.82, 2.24) is 10.9 Å². The average molecular weight is 359 g/mol. The quantitative estimate of drug-likeness (QED) is 0.699. The highest BCUT2D eigenvalue weighted by Gasteiger charge is 2.15. The number of carbonyl (C=O) groups is 2. The first-order valence-electron chi connectivity index (χ1n) is 7.25. The highest BCUT2D eigenvalue weighted by molar-refractivity contribution is 6.33. The van der Waals surface area contributed by atoms with E-state index in [9.17, 15) is 14.0 Å². The van der Waals surface area contributed by atoms with Crippen LogP contribution in [0.1, 0.15) is 20.9 Å². The van der Waals surface area contributed by atoms with Crippen LogP contribution < -0.4 is 10.9 Å². The predicted molar refractivity (Wildman–Crippen MR) is 90.5 cm³/mol. The van der Waals surface area contributed by atoms with E-state index in [4.69, 9.17) is 16.0 Å². The number of hydrogen-bond donors (Lipinski definition) is 2. The Morgan fingerprint density at radius 2 is 1.68 bits per heavy atom. The van der Waals surface area contributed by atoms with Crippen molar-refractivity contribution in [2.24, 2.45) is 0 Å². The van der Waals surface area contributed by atoms with Crippen LogP contribution in [0.2, 0.25) is 5.02 Å². The smallest absolute Gasteiger partial charge is 0.305 e. The van der Waals surface area contributed by atoms with Crippen molar-refractivity contribution < 1.29 is 18.4 Å². The molecule has 1 aromatic heterocycles. The number of rotatable bonds is 3. The summed E-state index contributed by atoms with van der Waals surface area (Å²) in [4.78, 5) is 24.0. The summed E-state index contributed by atoms with van der Waals surface area (Å²) >= 11 is 5.91. The summed E-state index contributed by atoms with van der Waals surface area (Å²) in [6, 6.07) is 15.2. The third-order valence-electron chi connectivity index (χ3n) is 3.35. The lowest BCUT2D eigenvalue weighted by atomic mass is 10.2. The van der Waals surface area contributed by atoms with Gasteiger partial charge in [-0.05, 0) is 36.4 Å². The van der Waals surface area contributed by atoms with Gasteiger partial charge in [-0.15, -0.1) is 0 Å². The molecule has 0 atom stereocenters. The Kier molecular flexibility index (Phi) is 4.81. The summed E-state index contributed by atoms with van der Waals surface area (Å²) in [5.74, 6) is -1.31. The number of nitrogens with one attached hydrogen (secondary N) is 2. The van der Waals surface area contributed by atoms with Gasteiger partial charge in [0.1, 0.15) is 11.6 Å². The lowest BCUT2D eigenvalue weighted by molar-refractivity contribution is 0.0831. The summed E-state index contributed by atoms with van der Waals surface area (Å²) in [5, 5.41) is 0.264. The number of furan rings is 1. The molecule has 3 aromatic rings. The molecule has 0 radical (unpaired) electrons. The minimum absolute atomic E-state index is 0.0290. The van der Waals surface area contributed by atoms with Gasteiger partial charge >= 0.3 is 5.91 Å². The molecule has 2 aromatic carbocycles. The van der Waals surface area contributed by atoms with Crippen LogP contribution in [0.25, 0.3) is 11.3 Å². The summed E-state index contributed by atoms with van der Waals surface area (Å²) in [5.41, 5.74) is 5.21. The second kappa shape index (κ2) is 7.19. The van der Waals surface area contributed by atoms with Crippen molar-refractivity contribution in [3.8, 4) is 11.3 Å². The summed E-state index contributed by atoms with van der Waals surface area (Å²) in [7, 11) is 0. The molecule has 0 spiro atoms. The second-order valence-corrected chi connectivity index (χ2v) is 5.47. The number of hydrazine groups is 1. The topological polar surface area (TPSA) is 71.3 Å². The van der Waals surface area contributed by atoms with Gasteiger partial charge in [0, 0.05) is 5.56 Å². The maximum atomic E-state index is 13.2. The van der Waals surface area contributed by atoms with Gasteiger partial charge in [-0.3, -0.25) is 20.4 Å². The van der Waals surface area contributed by atoms with E-state index < -0.39 is 17.6 Å². The molecule has 0 saturated carbocycles. The highest BCUT2D eigenvalue weighted by Crippen LogP contribution is 2.22. The summed E-state index contributed by atoms with van der Waals surface area (Å²) in [6.07, 6.45) is 0. The second-order valence-electron chi connectivity index (χ2n) is 5.06. The van der Waals surface area contributed by atoms with E-state index >= 15 is 0 Å². The van der Waals surface area contributed by atoms with Gasteiger partial charge in [0.15, 0.2) is 5.76 Å². The normalized spacial score (nSPS) is 10.3. The molecular formula is C18H12ClFN2O3. The predicted octanol–water partition coefficient (Wildman–Crippen LogP) is 3.81. The molecule has 2 amide bonds. The van der Waals surface area contributed by atoms with Crippen molar-refractivity contribution >= 4 is 23.4 Å². The molecule has 2 N–H and O–H groups in total. The molecule has 25 heavy (non-hydrogen) atoms. The maximum absolute atomic E-state index is 13.2. The Labute approximate surface area is 147 Å². The zero-order valence-corrected chi connectivity index (χ0v) is 13.5. The van der Waals surface area contributed by atoms with Crippen molar-refractivity contribution in [1.29, 1.82) is 0 Å². The Hall–Kier alpha value is -3.12. The molecule has 1 heterocycles. The maximum Gasteiger partial charge on any atom is 0.305 e. The molecule has 0 aliphatic heterocycles. The zero-order valence-electron chi connectivity index (χ0n) is 12.8. The fourth-order valence-electron chi connectivity index (χ4n) is 2.14. The van der Waals surface area contributed by atoms with Crippen LogP contribution in [-0.4, -0.2) is 11.8 Å². The van der Waals surface area contributed by atoms with Crippen molar-refractivity contribution in [2.75, 3.05) is 0 Å². The molecule has 126 valence electrons. The average Bonchev–Trinajstić information content (AvgIpc) is 3.10. The SMILES string of the molecule is O=C(NNC(=O)c1ccccc1Cl)c1ccc(-c2cccc(F)c2)o1. The van der Waals surface area contributed by atoms with E-state index in [0.717, 1.165) is 0 Å². The Morgan fingerprint density at radius 3 is 2.44 bits per heavy atom. The fourth-order valence-corrected chi connectivity index (χ4v) is 2.37. The van der Waals surface area contributed by atoms with Crippen LogP contribution in [0.3, 0.4) is 0 Å². The number of benzene rings is 2. The number of hydrogen-bond acceptors (Lipinski definition) is 3. The molecule has 5 nitrogen and oxygen atoms in total. The van der Waals surface area contributed by atoms with E-state index in [1.54, 1.807) is 30.3 Å². The standard InChI is InChI=1S/C18H12ClFN2O3/c19-14-7-2-1-6-13(14)17(23)21-22-18(24)16-9-8-15(25-16)11-4-3-5-12(20)10-11/h1-10H,(H,21,23)(H,22,24). The number of amides is 2. The van der Waals surface area contributed by atoms with Crippen molar-refractivity contribution in [2.45, 2.75) is 0 Å². The number of halogens is 2. The van der Waals surface area contributed by atoms with E-state index in [2.05, 4.69) is 10.9 Å². The summed E-state index contributed by atoms with van der Waals surface area (Å²) in [6.45, 7) is 0. The van der Waals surface area contributed by atoms with Gasteiger partial charge in [0.05, 0.1) is 10.6 Å². The Bertz CT molecular complexity index is 939. The van der Waals surface area contributed by atoms with E-state index in [0.29, 0.717) is 11.3 Å². The molecule has 0 fully saturated rings. The Morgan fingerprint density at radius 1 is 0.920 bits per heavy atom. The van der Waals surface area contributed by atoms with E-state index in [1.807, 2.05) is 0 Å². The molecule has 0 unspecified atom stereocenters. The fraction of sp³-hybridized carbons (Fsp3) is 0. The van der Waals surface area contributed by atoms with E-state index in [-0.39, 0.29) is 16.3 Å². The molecule has 7 heteroatoms. The first-order valence-corrected chi connectivity index (χ1v) is 7.63. The van der Waals surface area contributed by atoms with Gasteiger partial charge in [0.2, 0.25) is 0 Å². The van der Waals surface area contributed by atoms with Gasteiger partial charge in [-0.25, -0.2) is 4.39 Å². The van der Waals surface area contributed by atoms with Crippen LogP contribution in [0.15, 0.2) is 65.1 Å². The van der Waals surface area contributed by atoms with Gasteiger partial charge in [-0.2, -0.15) is 0 Å². The molecule has 3 rings (SSSR count). The Balaban J connectivity index is 1.66. The van der Waals surface area contributed by atoms with Crippen molar-refractivity contribution in [3.63, 3.8) is 0 Å². The largest absolute Gasteiger partial charge is 0.451 e. The molecule has 0 aliphatic rings. The monoisotopic (exact) mass is 358 g/mol. The van der Waals surface area contributed by atoms with Crippen LogP contribution >= 0.6 is 11.6 Å². The van der Waals surface area contributed by atoms with Crippen LogP contribution in [0.4, 0.5) is 4.39 Å². The molecule has 0 aliphatic carbocycles. The van der Waals surface area contributed by atoms with Crippen LogP contribution in [0, 0.1) is 5.82 Å². The first kappa shape index (κ1) is 16.7. The first-order chi connectivity index (χ1) is 12.0. The highest BCUT2D eigenvalue weighted by atomic mass is 35.5. The molecule has 0 saturated heterocycles. The number of carbonyl (C=O) groups excluding carboxylic acids is 2. The third-order valence-corrected chi connectivity index (χ3v) is 3.68. The van der Waals surface area contributed by atoms with Gasteiger partial charge in [0.25, 0.3) is 5.91 Å². The zero-order chi connectivity index (χ0) is 17.8. The van der Waals surface area contributed by atoms with E-state index in [1.165, 1.54) is 30.3 Å². The minimum Gasteiger partial charge on any atom is -0.451 e. The van der Waals surface area contributed by atoms with Crippen LogP contribution in [-0.2, 0) is 0 Å². The minimum atomic E-state index is -0.650.